The molecule has 1 rings (SSSR count). The third-order valence-corrected chi connectivity index (χ3v) is 4.26. The smallest absolute Gasteiger partial charge is 0.234 e. The Kier molecular flexibility index (Phi) is 9.44. The van der Waals surface area contributed by atoms with Crippen LogP contribution in [-0.4, -0.2) is 4.57 Å². The van der Waals surface area contributed by atoms with Gasteiger partial charge in [0.2, 0.25) is 0 Å². The number of imidazole rings is 1. The van der Waals surface area contributed by atoms with Crippen LogP contribution in [0, 0.1) is 6.92 Å². The maximum atomic E-state index is 2.43. The lowest BCUT2D eigenvalue weighted by molar-refractivity contribution is -0.702. The van der Waals surface area contributed by atoms with Crippen LogP contribution in [0.1, 0.15) is 83.9 Å². The third kappa shape index (κ3) is 6.58. The molecule has 2 heteroatoms. The predicted molar refractivity (Wildman–Crippen MR) is 86.9 cm³/mol. The van der Waals surface area contributed by atoms with Gasteiger partial charge in [0, 0.05) is 6.92 Å². The minimum Gasteiger partial charge on any atom is -0.234 e. The molecule has 0 spiro atoms. The van der Waals surface area contributed by atoms with Crippen molar-refractivity contribution in [1.29, 1.82) is 0 Å². The fraction of sp³-hybridized carbons (Fsp3) is 0.833. The Morgan fingerprint density at radius 1 is 0.850 bits per heavy atom. The molecule has 0 aliphatic rings. The van der Waals surface area contributed by atoms with Gasteiger partial charge in [0.1, 0.15) is 12.4 Å². The summed E-state index contributed by atoms with van der Waals surface area (Å²) in [7, 11) is 0. The van der Waals surface area contributed by atoms with E-state index in [9.17, 15) is 0 Å². The number of hydrogen-bond acceptors (Lipinski definition) is 0. The van der Waals surface area contributed by atoms with E-state index in [1.807, 2.05) is 0 Å². The lowest BCUT2D eigenvalue weighted by Gasteiger charge is -2.02. The maximum Gasteiger partial charge on any atom is 0.253 e. The molecular formula is C18H35N2+. The molecule has 0 amide bonds. The topological polar surface area (TPSA) is 8.81 Å². The minimum atomic E-state index is 1.18. The summed E-state index contributed by atoms with van der Waals surface area (Å²) in [5.74, 6) is 1.42. The lowest BCUT2D eigenvalue weighted by atomic mass is 10.1. The van der Waals surface area contributed by atoms with Gasteiger partial charge in [-0.15, -0.1) is 0 Å². The Balaban J connectivity index is 2.17. The Morgan fingerprint density at radius 3 is 2.15 bits per heavy atom. The molecule has 0 aromatic carbocycles. The molecule has 0 aliphatic heterocycles. The molecule has 1 aromatic heterocycles. The van der Waals surface area contributed by atoms with Gasteiger partial charge in [-0.1, -0.05) is 52.4 Å². The number of rotatable bonds is 12. The third-order valence-electron chi connectivity index (χ3n) is 4.26. The first kappa shape index (κ1) is 17.3. The second-order valence-electron chi connectivity index (χ2n) is 6.06. The molecule has 0 radical (unpaired) electrons. The van der Waals surface area contributed by atoms with Crippen molar-refractivity contribution < 1.29 is 4.57 Å². The molecule has 2 nitrogen and oxygen atoms in total. The van der Waals surface area contributed by atoms with Crippen LogP contribution in [0.4, 0.5) is 0 Å². The van der Waals surface area contributed by atoms with Gasteiger partial charge in [0.25, 0.3) is 5.82 Å². The van der Waals surface area contributed by atoms with Crippen LogP contribution in [0.25, 0.3) is 0 Å². The standard InChI is InChI=1S/C18H35N2/c1-4-6-8-9-10-11-13-15-20-17-16-19(18(20)3)14-12-7-5-2/h16-17H,4-15H2,1-3H3/q+1. The van der Waals surface area contributed by atoms with Gasteiger partial charge in [-0.3, -0.25) is 0 Å². The van der Waals surface area contributed by atoms with Crippen LogP contribution < -0.4 is 4.57 Å². The van der Waals surface area contributed by atoms with E-state index in [0.29, 0.717) is 0 Å². The highest BCUT2D eigenvalue weighted by molar-refractivity contribution is 4.79. The normalized spacial score (nSPS) is 11.2. The van der Waals surface area contributed by atoms with Crippen LogP contribution in [0.3, 0.4) is 0 Å². The van der Waals surface area contributed by atoms with Crippen molar-refractivity contribution in [1.82, 2.24) is 4.57 Å². The first-order valence-corrected chi connectivity index (χ1v) is 8.84. The molecule has 0 saturated carbocycles. The van der Waals surface area contributed by atoms with E-state index in [1.165, 1.54) is 83.1 Å². The summed E-state index contributed by atoms with van der Waals surface area (Å²) in [5, 5.41) is 0. The summed E-state index contributed by atoms with van der Waals surface area (Å²) in [6, 6.07) is 0. The van der Waals surface area contributed by atoms with Gasteiger partial charge in [-0.05, 0) is 25.7 Å². The van der Waals surface area contributed by atoms with Gasteiger partial charge in [0.05, 0.1) is 13.1 Å². The van der Waals surface area contributed by atoms with Crippen molar-refractivity contribution in [2.75, 3.05) is 0 Å². The largest absolute Gasteiger partial charge is 0.253 e. The summed E-state index contributed by atoms with van der Waals surface area (Å²) in [6.07, 6.45) is 18.2. The SMILES string of the molecule is CCCCCCCCC[n+]1ccn(CCCCC)c1C. The summed E-state index contributed by atoms with van der Waals surface area (Å²) in [6.45, 7) is 9.19. The first-order chi connectivity index (χ1) is 9.79. The van der Waals surface area contributed by atoms with E-state index in [4.69, 9.17) is 0 Å². The van der Waals surface area contributed by atoms with E-state index in [1.54, 1.807) is 0 Å². The van der Waals surface area contributed by atoms with E-state index in [2.05, 4.69) is 42.3 Å². The van der Waals surface area contributed by atoms with Gasteiger partial charge in [0.15, 0.2) is 0 Å². The molecule has 0 unspecified atom stereocenters. The monoisotopic (exact) mass is 279 g/mol. The molecule has 0 atom stereocenters. The second kappa shape index (κ2) is 10.9. The van der Waals surface area contributed by atoms with E-state index in [-0.39, 0.29) is 0 Å². The van der Waals surface area contributed by atoms with Crippen molar-refractivity contribution >= 4 is 0 Å². The van der Waals surface area contributed by atoms with Crippen LogP contribution >= 0.6 is 0 Å². The number of aromatic nitrogens is 2. The Labute approximate surface area is 126 Å². The summed E-state index contributed by atoms with van der Waals surface area (Å²) < 4.78 is 4.84. The number of hydrogen-bond donors (Lipinski definition) is 0. The fourth-order valence-electron chi connectivity index (χ4n) is 2.79. The molecule has 0 bridgehead atoms. The molecule has 20 heavy (non-hydrogen) atoms. The average molecular weight is 279 g/mol. The summed E-state index contributed by atoms with van der Waals surface area (Å²) in [5.41, 5.74) is 0. The zero-order valence-electron chi connectivity index (χ0n) is 14.0. The van der Waals surface area contributed by atoms with Gasteiger partial charge < -0.3 is 0 Å². The average Bonchev–Trinajstić information content (AvgIpc) is 2.80. The van der Waals surface area contributed by atoms with Crippen LogP contribution in [-0.2, 0) is 13.1 Å². The van der Waals surface area contributed by atoms with E-state index in [0.717, 1.165) is 0 Å². The highest BCUT2D eigenvalue weighted by Gasteiger charge is 2.10. The zero-order chi connectivity index (χ0) is 14.6. The Bertz CT molecular complexity index is 341. The molecule has 116 valence electrons. The van der Waals surface area contributed by atoms with E-state index < -0.39 is 0 Å². The molecule has 0 fully saturated rings. The number of aryl methyl sites for hydroxylation is 2. The molecule has 1 heterocycles. The number of nitrogens with zero attached hydrogens (tertiary/aromatic N) is 2. The van der Waals surface area contributed by atoms with Crippen LogP contribution in [0.5, 0.6) is 0 Å². The molecule has 0 aliphatic carbocycles. The van der Waals surface area contributed by atoms with Crippen molar-refractivity contribution in [2.45, 2.75) is 98.1 Å². The molecule has 0 N–H and O–H groups in total. The lowest BCUT2D eigenvalue weighted by Crippen LogP contribution is -2.35. The zero-order valence-corrected chi connectivity index (χ0v) is 14.0. The van der Waals surface area contributed by atoms with Gasteiger partial charge in [-0.2, -0.15) is 0 Å². The van der Waals surface area contributed by atoms with Crippen molar-refractivity contribution in [3.05, 3.63) is 18.2 Å². The van der Waals surface area contributed by atoms with Crippen LogP contribution in [0.15, 0.2) is 12.4 Å². The second-order valence-corrected chi connectivity index (χ2v) is 6.06. The molecular weight excluding hydrogens is 244 g/mol. The Morgan fingerprint density at radius 2 is 1.45 bits per heavy atom. The van der Waals surface area contributed by atoms with Crippen molar-refractivity contribution in [3.63, 3.8) is 0 Å². The highest BCUT2D eigenvalue weighted by atomic mass is 15.1. The fourth-order valence-corrected chi connectivity index (χ4v) is 2.79. The molecule has 1 aromatic rings. The quantitative estimate of drug-likeness (QED) is 0.375. The van der Waals surface area contributed by atoms with E-state index >= 15 is 0 Å². The van der Waals surface area contributed by atoms with Crippen molar-refractivity contribution in [2.24, 2.45) is 0 Å². The summed E-state index contributed by atoms with van der Waals surface area (Å²) >= 11 is 0. The van der Waals surface area contributed by atoms with Gasteiger partial charge in [-0.25, -0.2) is 9.13 Å². The highest BCUT2D eigenvalue weighted by Crippen LogP contribution is 2.07. The predicted octanol–water partition coefficient (Wildman–Crippen LogP) is 5.02. The van der Waals surface area contributed by atoms with Crippen molar-refractivity contribution in [3.8, 4) is 0 Å². The Hall–Kier alpha value is -0.790. The van der Waals surface area contributed by atoms with Crippen LogP contribution in [0.2, 0.25) is 0 Å². The number of unbranched alkanes of at least 4 members (excludes halogenated alkanes) is 8. The molecule has 0 saturated heterocycles. The summed E-state index contributed by atoms with van der Waals surface area (Å²) in [4.78, 5) is 0. The maximum absolute atomic E-state index is 2.43. The van der Waals surface area contributed by atoms with Gasteiger partial charge >= 0.3 is 0 Å². The minimum absolute atomic E-state index is 1.18. The first-order valence-electron chi connectivity index (χ1n) is 8.84.